The summed E-state index contributed by atoms with van der Waals surface area (Å²) in [5.74, 6) is 0.669. The van der Waals surface area contributed by atoms with E-state index in [1.54, 1.807) is 0 Å². The molecule has 1 aromatic carbocycles. The van der Waals surface area contributed by atoms with Crippen LogP contribution in [0.5, 0.6) is 0 Å². The van der Waals surface area contributed by atoms with Gasteiger partial charge < -0.3 is 5.32 Å². The molecule has 3 nitrogen and oxygen atoms in total. The lowest BCUT2D eigenvalue weighted by molar-refractivity contribution is 0.0657. The highest BCUT2D eigenvalue weighted by molar-refractivity contribution is 5.43. The van der Waals surface area contributed by atoms with Gasteiger partial charge in [-0.15, -0.1) is 0 Å². The summed E-state index contributed by atoms with van der Waals surface area (Å²) in [6.07, 6.45) is -2.07. The molecule has 0 saturated heterocycles. The van der Waals surface area contributed by atoms with Crippen molar-refractivity contribution in [3.63, 3.8) is 0 Å². The average molecular weight is 263 g/mol. The minimum Gasteiger partial charge on any atom is -0.363 e. The fourth-order valence-corrected chi connectivity index (χ4v) is 2.57. The molecule has 2 heterocycles. The summed E-state index contributed by atoms with van der Waals surface area (Å²) in [7, 11) is 0. The number of rotatable bonds is 2. The first-order valence-electron chi connectivity index (χ1n) is 6.31. The number of aryl methyl sites for hydroxylation is 1. The Balaban J connectivity index is 1.97. The second-order valence-electron chi connectivity index (χ2n) is 4.86. The van der Waals surface area contributed by atoms with Crippen LogP contribution >= 0.6 is 0 Å². The summed E-state index contributed by atoms with van der Waals surface area (Å²) in [5.41, 5.74) is 1.78. The zero-order valence-corrected chi connectivity index (χ0v) is 10.6. The molecule has 0 saturated carbocycles. The third-order valence-corrected chi connectivity index (χ3v) is 3.46. The molecule has 0 aliphatic carbocycles. The monoisotopic (exact) mass is 263 g/mol. The van der Waals surface area contributed by atoms with Crippen LogP contribution in [0.15, 0.2) is 36.4 Å². The Bertz CT molecular complexity index is 565. The van der Waals surface area contributed by atoms with E-state index < -0.39 is 12.5 Å². The number of halogens is 2. The predicted molar refractivity (Wildman–Crippen MR) is 69.4 cm³/mol. The molecule has 1 aliphatic rings. The van der Waals surface area contributed by atoms with Gasteiger partial charge in [0.1, 0.15) is 11.9 Å². The minimum absolute atomic E-state index is 0.0937. The van der Waals surface area contributed by atoms with E-state index in [-0.39, 0.29) is 6.04 Å². The summed E-state index contributed by atoms with van der Waals surface area (Å²) in [5, 5.41) is 7.44. The van der Waals surface area contributed by atoms with E-state index in [0.29, 0.717) is 12.2 Å². The second-order valence-corrected chi connectivity index (χ2v) is 4.86. The Morgan fingerprint density at radius 3 is 2.74 bits per heavy atom. The van der Waals surface area contributed by atoms with Crippen LogP contribution in [0.2, 0.25) is 0 Å². The number of aromatic nitrogens is 2. The Labute approximate surface area is 110 Å². The van der Waals surface area contributed by atoms with Gasteiger partial charge in [-0.3, -0.25) is 0 Å². The van der Waals surface area contributed by atoms with Gasteiger partial charge in [0.2, 0.25) is 0 Å². The average Bonchev–Trinajstić information content (AvgIpc) is 2.78. The van der Waals surface area contributed by atoms with E-state index in [9.17, 15) is 8.78 Å². The fourth-order valence-electron chi connectivity index (χ4n) is 2.57. The third-order valence-electron chi connectivity index (χ3n) is 3.46. The van der Waals surface area contributed by atoms with E-state index in [2.05, 4.69) is 10.4 Å². The van der Waals surface area contributed by atoms with Gasteiger partial charge in [0.05, 0.1) is 11.7 Å². The van der Waals surface area contributed by atoms with Gasteiger partial charge >= 0.3 is 0 Å². The molecule has 0 bridgehead atoms. The van der Waals surface area contributed by atoms with Crippen LogP contribution in [-0.4, -0.2) is 16.2 Å². The summed E-state index contributed by atoms with van der Waals surface area (Å²) >= 11 is 0. The third kappa shape index (κ3) is 2.20. The van der Waals surface area contributed by atoms with Crippen LogP contribution in [0.4, 0.5) is 14.6 Å². The SMILES string of the molecule is Cc1cc2n(n1)[C@@H](C(F)F)C[C@H](c1ccccc1)N2. The maximum Gasteiger partial charge on any atom is 0.260 e. The molecule has 0 spiro atoms. The number of hydrogen-bond acceptors (Lipinski definition) is 2. The van der Waals surface area contributed by atoms with Crippen molar-refractivity contribution >= 4 is 5.82 Å². The van der Waals surface area contributed by atoms with Gasteiger partial charge in [0, 0.05) is 6.07 Å². The number of nitrogens with zero attached hydrogens (tertiary/aromatic N) is 2. The predicted octanol–water partition coefficient (Wildman–Crippen LogP) is 3.55. The molecule has 2 aromatic rings. The maximum absolute atomic E-state index is 13.2. The minimum atomic E-state index is -2.41. The molecular formula is C14H15F2N3. The van der Waals surface area contributed by atoms with E-state index in [4.69, 9.17) is 0 Å². The molecule has 0 unspecified atom stereocenters. The summed E-state index contributed by atoms with van der Waals surface area (Å²) in [4.78, 5) is 0. The summed E-state index contributed by atoms with van der Waals surface area (Å²) in [6, 6.07) is 10.5. The maximum atomic E-state index is 13.2. The first kappa shape index (κ1) is 12.1. The van der Waals surface area contributed by atoms with E-state index in [0.717, 1.165) is 11.3 Å². The van der Waals surface area contributed by atoms with Gasteiger partial charge in [-0.05, 0) is 18.9 Å². The van der Waals surface area contributed by atoms with Gasteiger partial charge in [-0.1, -0.05) is 30.3 Å². The number of fused-ring (bicyclic) bond motifs is 1. The highest BCUT2D eigenvalue weighted by Gasteiger charge is 2.33. The van der Waals surface area contributed by atoms with Crippen LogP contribution in [0.25, 0.3) is 0 Å². The first-order chi connectivity index (χ1) is 9.15. The topological polar surface area (TPSA) is 29.9 Å². The normalized spacial score (nSPS) is 22.1. The van der Waals surface area contributed by atoms with Crippen molar-refractivity contribution in [1.29, 1.82) is 0 Å². The summed E-state index contributed by atoms with van der Waals surface area (Å²) < 4.78 is 27.8. The molecule has 5 heteroatoms. The quantitative estimate of drug-likeness (QED) is 0.898. The van der Waals surface area contributed by atoms with Crippen LogP contribution in [0, 0.1) is 6.92 Å². The number of hydrogen-bond donors (Lipinski definition) is 1. The van der Waals surface area contributed by atoms with E-state index in [1.807, 2.05) is 43.3 Å². The molecule has 1 aromatic heterocycles. The van der Waals surface area contributed by atoms with Crippen LogP contribution in [-0.2, 0) is 0 Å². The second kappa shape index (κ2) is 4.64. The molecule has 1 aliphatic heterocycles. The Kier molecular flexibility index (Phi) is 2.97. The van der Waals surface area contributed by atoms with Gasteiger partial charge in [0.25, 0.3) is 6.43 Å². The zero-order valence-electron chi connectivity index (χ0n) is 10.6. The molecule has 0 radical (unpaired) electrons. The first-order valence-corrected chi connectivity index (χ1v) is 6.31. The Morgan fingerprint density at radius 1 is 1.32 bits per heavy atom. The molecule has 0 fully saturated rings. The van der Waals surface area contributed by atoms with Crippen molar-refractivity contribution < 1.29 is 8.78 Å². The lowest BCUT2D eigenvalue weighted by atomic mass is 9.97. The van der Waals surface area contributed by atoms with Crippen LogP contribution in [0.1, 0.15) is 29.8 Å². The highest BCUT2D eigenvalue weighted by Crippen LogP contribution is 2.37. The van der Waals surface area contributed by atoms with Crippen molar-refractivity contribution in [2.24, 2.45) is 0 Å². The fraction of sp³-hybridized carbons (Fsp3) is 0.357. The van der Waals surface area contributed by atoms with Crippen molar-refractivity contribution in [1.82, 2.24) is 9.78 Å². The Hall–Kier alpha value is -1.91. The standard InChI is InChI=1S/C14H15F2N3/c1-9-7-13-17-11(10-5-3-2-4-6-10)8-12(14(15)16)19(13)18-9/h2-7,11-12,14,17H,8H2,1H3/t11-,12-/m1/s1. The number of nitrogens with one attached hydrogen (secondary N) is 1. The van der Waals surface area contributed by atoms with Gasteiger partial charge in [-0.25, -0.2) is 13.5 Å². The smallest absolute Gasteiger partial charge is 0.260 e. The van der Waals surface area contributed by atoms with Crippen molar-refractivity contribution in [3.8, 4) is 0 Å². The van der Waals surface area contributed by atoms with Crippen molar-refractivity contribution in [3.05, 3.63) is 47.7 Å². The van der Waals surface area contributed by atoms with E-state index >= 15 is 0 Å². The molecule has 1 N–H and O–H groups in total. The Morgan fingerprint density at radius 2 is 2.05 bits per heavy atom. The van der Waals surface area contributed by atoms with Crippen molar-refractivity contribution in [2.45, 2.75) is 31.9 Å². The molecule has 19 heavy (non-hydrogen) atoms. The molecular weight excluding hydrogens is 248 g/mol. The highest BCUT2D eigenvalue weighted by atomic mass is 19.3. The largest absolute Gasteiger partial charge is 0.363 e. The number of anilines is 1. The van der Waals surface area contributed by atoms with Crippen LogP contribution in [0.3, 0.4) is 0 Å². The molecule has 100 valence electrons. The summed E-state index contributed by atoms with van der Waals surface area (Å²) in [6.45, 7) is 1.81. The molecule has 3 rings (SSSR count). The number of alkyl halides is 2. The van der Waals surface area contributed by atoms with E-state index in [1.165, 1.54) is 4.68 Å². The molecule has 0 amide bonds. The van der Waals surface area contributed by atoms with Gasteiger partial charge in [-0.2, -0.15) is 5.10 Å². The lowest BCUT2D eigenvalue weighted by Gasteiger charge is -2.32. The van der Waals surface area contributed by atoms with Gasteiger partial charge in [0.15, 0.2) is 0 Å². The molecule has 2 atom stereocenters. The lowest BCUT2D eigenvalue weighted by Crippen LogP contribution is -2.30. The van der Waals surface area contributed by atoms with Crippen molar-refractivity contribution in [2.75, 3.05) is 5.32 Å². The number of benzene rings is 1. The van der Waals surface area contributed by atoms with Crippen LogP contribution < -0.4 is 5.32 Å². The zero-order chi connectivity index (χ0) is 13.4.